The van der Waals surface area contributed by atoms with E-state index < -0.39 is 11.7 Å². The van der Waals surface area contributed by atoms with E-state index in [-0.39, 0.29) is 17.3 Å². The molecule has 0 saturated heterocycles. The Bertz CT molecular complexity index is 605. The number of aromatic nitrogens is 2. The van der Waals surface area contributed by atoms with Gasteiger partial charge >= 0.3 is 6.18 Å². The molecule has 0 fully saturated rings. The minimum absolute atomic E-state index is 0.180. The zero-order valence-corrected chi connectivity index (χ0v) is 10.8. The second kappa shape index (κ2) is 4.86. The molecule has 0 aliphatic rings. The number of nitrogens with zero attached hydrogens (tertiary/aromatic N) is 2. The van der Waals surface area contributed by atoms with Crippen molar-refractivity contribution in [3.8, 4) is 5.69 Å². The lowest BCUT2D eigenvalue weighted by atomic mass is 10.2. The zero-order chi connectivity index (χ0) is 14.2. The first kappa shape index (κ1) is 13.9. The standard InChI is InChI=1S/C12H11ClF3N3/c1-7-8(5-17)6-19(18-7)11-4-9(12(14,15)16)2-3-10(11)13/h2-4,6H,5,17H2,1H3. The topological polar surface area (TPSA) is 43.8 Å². The fraction of sp³-hybridized carbons (Fsp3) is 0.250. The largest absolute Gasteiger partial charge is 0.416 e. The predicted molar refractivity (Wildman–Crippen MR) is 66.2 cm³/mol. The summed E-state index contributed by atoms with van der Waals surface area (Å²) in [6.45, 7) is 2.00. The molecule has 0 amide bonds. The third-order valence-electron chi connectivity index (χ3n) is 2.74. The Labute approximate surface area is 112 Å². The average molecular weight is 290 g/mol. The Morgan fingerprint density at radius 3 is 2.58 bits per heavy atom. The highest BCUT2D eigenvalue weighted by Gasteiger charge is 2.31. The van der Waals surface area contributed by atoms with Gasteiger partial charge in [-0.2, -0.15) is 18.3 Å². The van der Waals surface area contributed by atoms with E-state index in [1.54, 1.807) is 13.1 Å². The van der Waals surface area contributed by atoms with Gasteiger partial charge in [-0.05, 0) is 25.1 Å². The molecule has 0 atom stereocenters. The molecular formula is C12H11ClF3N3. The van der Waals surface area contributed by atoms with Crippen LogP contribution in [-0.4, -0.2) is 9.78 Å². The van der Waals surface area contributed by atoms with Crippen LogP contribution in [0.25, 0.3) is 5.69 Å². The maximum absolute atomic E-state index is 12.7. The second-order valence-corrected chi connectivity index (χ2v) is 4.46. The van der Waals surface area contributed by atoms with Gasteiger partial charge in [0.25, 0.3) is 0 Å². The quantitative estimate of drug-likeness (QED) is 0.922. The van der Waals surface area contributed by atoms with E-state index in [0.29, 0.717) is 5.69 Å². The van der Waals surface area contributed by atoms with Gasteiger partial charge in [0, 0.05) is 18.3 Å². The fourth-order valence-electron chi connectivity index (χ4n) is 1.68. The number of benzene rings is 1. The summed E-state index contributed by atoms with van der Waals surface area (Å²) in [6.07, 6.45) is -2.84. The Hall–Kier alpha value is -1.53. The van der Waals surface area contributed by atoms with Gasteiger partial charge in [-0.1, -0.05) is 11.6 Å². The number of aryl methyl sites for hydroxylation is 1. The number of rotatable bonds is 2. The highest BCUT2D eigenvalue weighted by Crippen LogP contribution is 2.33. The Kier molecular flexibility index (Phi) is 3.56. The van der Waals surface area contributed by atoms with Gasteiger partial charge in [-0.3, -0.25) is 0 Å². The molecule has 2 N–H and O–H groups in total. The molecule has 1 heterocycles. The smallest absolute Gasteiger partial charge is 0.326 e. The maximum Gasteiger partial charge on any atom is 0.416 e. The first-order chi connectivity index (χ1) is 8.82. The number of halogens is 4. The van der Waals surface area contributed by atoms with E-state index in [1.807, 2.05) is 0 Å². The number of nitrogens with two attached hydrogens (primary N) is 1. The highest BCUT2D eigenvalue weighted by molar-refractivity contribution is 6.32. The number of alkyl halides is 3. The van der Waals surface area contributed by atoms with Gasteiger partial charge in [0.2, 0.25) is 0 Å². The van der Waals surface area contributed by atoms with Crippen molar-refractivity contribution in [2.45, 2.75) is 19.6 Å². The lowest BCUT2D eigenvalue weighted by Crippen LogP contribution is -2.07. The molecule has 102 valence electrons. The molecule has 0 aliphatic heterocycles. The molecule has 0 unspecified atom stereocenters. The summed E-state index contributed by atoms with van der Waals surface area (Å²) in [6, 6.07) is 3.11. The summed E-state index contributed by atoms with van der Waals surface area (Å²) in [5, 5.41) is 4.31. The molecule has 0 radical (unpaired) electrons. The Balaban J connectivity index is 2.54. The lowest BCUT2D eigenvalue weighted by molar-refractivity contribution is -0.137. The van der Waals surface area contributed by atoms with Crippen LogP contribution in [-0.2, 0) is 12.7 Å². The van der Waals surface area contributed by atoms with E-state index in [0.717, 1.165) is 17.7 Å². The van der Waals surface area contributed by atoms with E-state index in [1.165, 1.54) is 10.7 Å². The van der Waals surface area contributed by atoms with Crippen LogP contribution >= 0.6 is 11.6 Å². The summed E-state index contributed by atoms with van der Waals surface area (Å²) in [5.74, 6) is 0. The van der Waals surface area contributed by atoms with Crippen molar-refractivity contribution in [1.29, 1.82) is 0 Å². The van der Waals surface area contributed by atoms with Crippen molar-refractivity contribution in [1.82, 2.24) is 9.78 Å². The number of hydrogen-bond donors (Lipinski definition) is 1. The SMILES string of the molecule is Cc1nn(-c2cc(C(F)(F)F)ccc2Cl)cc1CN. The van der Waals surface area contributed by atoms with Crippen LogP contribution in [0.5, 0.6) is 0 Å². The summed E-state index contributed by atoms with van der Waals surface area (Å²) < 4.78 is 39.3. The van der Waals surface area contributed by atoms with Gasteiger partial charge < -0.3 is 5.73 Å². The molecule has 0 spiro atoms. The lowest BCUT2D eigenvalue weighted by Gasteiger charge is -2.10. The van der Waals surface area contributed by atoms with E-state index in [9.17, 15) is 13.2 Å². The van der Waals surface area contributed by atoms with Gasteiger partial charge in [0.15, 0.2) is 0 Å². The van der Waals surface area contributed by atoms with Crippen LogP contribution < -0.4 is 5.73 Å². The molecule has 0 saturated carbocycles. The second-order valence-electron chi connectivity index (χ2n) is 4.05. The summed E-state index contributed by atoms with van der Waals surface area (Å²) in [4.78, 5) is 0. The van der Waals surface area contributed by atoms with Crippen molar-refractivity contribution in [2.75, 3.05) is 0 Å². The van der Waals surface area contributed by atoms with Crippen LogP contribution in [0.1, 0.15) is 16.8 Å². The van der Waals surface area contributed by atoms with Gasteiger partial charge in [0.1, 0.15) is 0 Å². The minimum atomic E-state index is -4.42. The minimum Gasteiger partial charge on any atom is -0.326 e. The molecular weight excluding hydrogens is 279 g/mol. The number of hydrogen-bond acceptors (Lipinski definition) is 2. The first-order valence-electron chi connectivity index (χ1n) is 5.45. The van der Waals surface area contributed by atoms with Gasteiger partial charge in [0.05, 0.1) is 22.0 Å². The molecule has 7 heteroatoms. The molecule has 19 heavy (non-hydrogen) atoms. The first-order valence-corrected chi connectivity index (χ1v) is 5.83. The normalized spacial score (nSPS) is 11.9. The summed E-state index contributed by atoms with van der Waals surface area (Å²) in [5.41, 5.74) is 6.34. The molecule has 2 rings (SSSR count). The molecule has 1 aromatic carbocycles. The van der Waals surface area contributed by atoms with Crippen molar-refractivity contribution in [3.05, 3.63) is 46.2 Å². The third-order valence-corrected chi connectivity index (χ3v) is 3.06. The van der Waals surface area contributed by atoms with Crippen LogP contribution in [0.2, 0.25) is 5.02 Å². The van der Waals surface area contributed by atoms with Gasteiger partial charge in [-0.15, -0.1) is 0 Å². The molecule has 1 aromatic heterocycles. The molecule has 0 aliphatic carbocycles. The van der Waals surface area contributed by atoms with Crippen molar-refractivity contribution in [2.24, 2.45) is 5.73 Å². The maximum atomic E-state index is 12.7. The van der Waals surface area contributed by atoms with Crippen LogP contribution in [0.4, 0.5) is 13.2 Å². The van der Waals surface area contributed by atoms with Crippen LogP contribution in [0, 0.1) is 6.92 Å². The van der Waals surface area contributed by atoms with Crippen molar-refractivity contribution >= 4 is 11.6 Å². The zero-order valence-electron chi connectivity index (χ0n) is 10.0. The third kappa shape index (κ3) is 2.74. The molecule has 0 bridgehead atoms. The fourth-order valence-corrected chi connectivity index (χ4v) is 1.89. The van der Waals surface area contributed by atoms with Gasteiger partial charge in [-0.25, -0.2) is 4.68 Å². The van der Waals surface area contributed by atoms with E-state index >= 15 is 0 Å². The van der Waals surface area contributed by atoms with Crippen molar-refractivity contribution in [3.63, 3.8) is 0 Å². The summed E-state index contributed by atoms with van der Waals surface area (Å²) >= 11 is 5.93. The van der Waals surface area contributed by atoms with Crippen LogP contribution in [0.3, 0.4) is 0 Å². The monoisotopic (exact) mass is 289 g/mol. The predicted octanol–water partition coefficient (Wildman–Crippen LogP) is 3.31. The molecule has 2 aromatic rings. The van der Waals surface area contributed by atoms with Crippen LogP contribution in [0.15, 0.2) is 24.4 Å². The Morgan fingerprint density at radius 1 is 1.37 bits per heavy atom. The highest BCUT2D eigenvalue weighted by atomic mass is 35.5. The Morgan fingerprint density at radius 2 is 2.05 bits per heavy atom. The average Bonchev–Trinajstić information content (AvgIpc) is 2.69. The molecule has 3 nitrogen and oxygen atoms in total. The van der Waals surface area contributed by atoms with E-state index in [4.69, 9.17) is 17.3 Å². The summed E-state index contributed by atoms with van der Waals surface area (Å²) in [7, 11) is 0. The van der Waals surface area contributed by atoms with Crippen molar-refractivity contribution < 1.29 is 13.2 Å². The van der Waals surface area contributed by atoms with E-state index in [2.05, 4.69) is 5.10 Å².